The largest absolute Gasteiger partial charge is 1.00 e. The first-order valence-corrected chi connectivity index (χ1v) is 6.18. The van der Waals surface area contributed by atoms with E-state index in [2.05, 4.69) is 25.9 Å². The van der Waals surface area contributed by atoms with Crippen LogP contribution in [0.15, 0.2) is 0 Å². The third-order valence-corrected chi connectivity index (χ3v) is 3.59. The Bertz CT molecular complexity index is 154. The minimum Gasteiger partial charge on any atom is -1.00 e. The van der Waals surface area contributed by atoms with Crippen LogP contribution in [-0.2, 0) is 0 Å². The predicted octanol–water partition coefficient (Wildman–Crippen LogP) is -1.04. The van der Waals surface area contributed by atoms with Crippen molar-refractivity contribution in [3.63, 3.8) is 0 Å². The summed E-state index contributed by atoms with van der Waals surface area (Å²) >= 11 is 0. The minimum atomic E-state index is 0. The van der Waals surface area contributed by atoms with Gasteiger partial charge in [-0.3, -0.25) is 4.90 Å². The number of quaternary nitrogens is 1. The molecule has 1 saturated heterocycles. The lowest BCUT2D eigenvalue weighted by Gasteiger charge is -2.41. The average molecular weight is 235 g/mol. The zero-order chi connectivity index (χ0) is 10.4. The van der Waals surface area contributed by atoms with Gasteiger partial charge in [-0.15, -0.1) is 0 Å². The van der Waals surface area contributed by atoms with Gasteiger partial charge in [0.25, 0.3) is 0 Å². The third-order valence-electron chi connectivity index (χ3n) is 3.59. The molecule has 0 atom stereocenters. The van der Waals surface area contributed by atoms with Crippen LogP contribution in [0.1, 0.15) is 32.6 Å². The fraction of sp³-hybridized carbons (Fsp3) is 1.00. The van der Waals surface area contributed by atoms with E-state index in [4.69, 9.17) is 0 Å². The second kappa shape index (κ2) is 7.48. The highest BCUT2D eigenvalue weighted by molar-refractivity contribution is 4.58. The van der Waals surface area contributed by atoms with E-state index in [9.17, 15) is 0 Å². The van der Waals surface area contributed by atoms with E-state index in [0.29, 0.717) is 0 Å². The number of hydrogen-bond acceptors (Lipinski definition) is 1. The second-order valence-corrected chi connectivity index (χ2v) is 5.15. The number of nitrogens with zero attached hydrogens (tertiary/aromatic N) is 2. The fourth-order valence-electron chi connectivity index (χ4n) is 2.19. The van der Waals surface area contributed by atoms with Crippen LogP contribution in [0.4, 0.5) is 0 Å². The first-order valence-electron chi connectivity index (χ1n) is 6.18. The summed E-state index contributed by atoms with van der Waals surface area (Å²) in [7, 11) is 4.67. The van der Waals surface area contributed by atoms with Gasteiger partial charge in [0.2, 0.25) is 0 Å². The highest BCUT2D eigenvalue weighted by Crippen LogP contribution is 2.11. The molecule has 0 bridgehead atoms. The smallest absolute Gasteiger partial charge is 0.0914 e. The van der Waals surface area contributed by atoms with E-state index in [1.165, 1.54) is 62.9 Å². The van der Waals surface area contributed by atoms with Crippen molar-refractivity contribution in [1.29, 1.82) is 0 Å². The molecule has 0 aromatic rings. The first kappa shape index (κ1) is 15.2. The van der Waals surface area contributed by atoms with Gasteiger partial charge in [0.15, 0.2) is 0 Å². The summed E-state index contributed by atoms with van der Waals surface area (Å²) < 4.78 is 1.31. The summed E-state index contributed by atoms with van der Waals surface area (Å²) in [5.41, 5.74) is 0. The number of halogens is 1. The molecule has 0 amide bonds. The fourth-order valence-corrected chi connectivity index (χ4v) is 2.19. The predicted molar refractivity (Wildman–Crippen MR) is 62.4 cm³/mol. The Labute approximate surface area is 102 Å². The third kappa shape index (κ3) is 5.74. The molecule has 0 aromatic heterocycles. The molecule has 92 valence electrons. The van der Waals surface area contributed by atoms with Crippen LogP contribution < -0.4 is 12.4 Å². The Morgan fingerprint density at radius 1 is 1.07 bits per heavy atom. The van der Waals surface area contributed by atoms with Crippen molar-refractivity contribution in [1.82, 2.24) is 4.90 Å². The van der Waals surface area contributed by atoms with Crippen molar-refractivity contribution in [2.24, 2.45) is 0 Å². The minimum absolute atomic E-state index is 0. The van der Waals surface area contributed by atoms with Gasteiger partial charge in [-0.1, -0.05) is 19.8 Å². The number of rotatable bonds is 5. The molecule has 1 rings (SSSR count). The van der Waals surface area contributed by atoms with E-state index in [0.717, 1.165) is 0 Å². The van der Waals surface area contributed by atoms with Crippen LogP contribution in [0.25, 0.3) is 0 Å². The van der Waals surface area contributed by atoms with E-state index >= 15 is 0 Å². The van der Waals surface area contributed by atoms with Gasteiger partial charge < -0.3 is 16.9 Å². The maximum Gasteiger partial charge on any atom is 0.0914 e. The van der Waals surface area contributed by atoms with Crippen molar-refractivity contribution in [3.05, 3.63) is 0 Å². The second-order valence-electron chi connectivity index (χ2n) is 5.15. The van der Waals surface area contributed by atoms with Gasteiger partial charge in [0, 0.05) is 13.1 Å². The zero-order valence-electron chi connectivity index (χ0n) is 10.6. The molecule has 0 spiro atoms. The lowest BCUT2D eigenvalue weighted by atomic mass is 10.1. The summed E-state index contributed by atoms with van der Waals surface area (Å²) in [5, 5.41) is 0. The van der Waals surface area contributed by atoms with Gasteiger partial charge >= 0.3 is 0 Å². The van der Waals surface area contributed by atoms with Gasteiger partial charge in [-0.25, -0.2) is 0 Å². The maximum atomic E-state index is 2.45. The van der Waals surface area contributed by atoms with Crippen LogP contribution in [0.3, 0.4) is 0 Å². The molecule has 0 aliphatic carbocycles. The Balaban J connectivity index is 0.00000196. The standard InChI is InChI=1S/C12H27N2.ClH/c1-4-5-6-7-10-14(3)11-8-13(2)9-12-14;/h4-12H2,1-3H3;1H/q+1;/p-1. The van der Waals surface area contributed by atoms with Crippen LogP contribution in [0, 0.1) is 0 Å². The van der Waals surface area contributed by atoms with Gasteiger partial charge in [-0.05, 0) is 19.9 Å². The summed E-state index contributed by atoms with van der Waals surface area (Å²) in [4.78, 5) is 2.45. The van der Waals surface area contributed by atoms with Crippen molar-refractivity contribution >= 4 is 0 Å². The molecule has 0 unspecified atom stereocenters. The molecule has 1 heterocycles. The summed E-state index contributed by atoms with van der Waals surface area (Å²) in [6.45, 7) is 8.94. The van der Waals surface area contributed by atoms with Crippen LogP contribution in [0.2, 0.25) is 0 Å². The Kier molecular flexibility index (Phi) is 7.58. The van der Waals surface area contributed by atoms with Crippen LogP contribution >= 0.6 is 0 Å². The molecular weight excluding hydrogens is 208 g/mol. The molecule has 0 N–H and O–H groups in total. The van der Waals surface area contributed by atoms with Crippen molar-refractivity contribution in [2.45, 2.75) is 32.6 Å². The lowest BCUT2D eigenvalue weighted by Crippen LogP contribution is -3.00. The topological polar surface area (TPSA) is 3.24 Å². The molecule has 1 aliphatic heterocycles. The number of hydrogen-bond donors (Lipinski definition) is 0. The summed E-state index contributed by atoms with van der Waals surface area (Å²) in [6.07, 6.45) is 5.63. The van der Waals surface area contributed by atoms with Gasteiger partial charge in [0.05, 0.1) is 26.7 Å². The molecule has 15 heavy (non-hydrogen) atoms. The zero-order valence-corrected chi connectivity index (χ0v) is 11.4. The van der Waals surface area contributed by atoms with E-state index < -0.39 is 0 Å². The highest BCUT2D eigenvalue weighted by atomic mass is 35.5. The van der Waals surface area contributed by atoms with Gasteiger partial charge in [-0.2, -0.15) is 0 Å². The summed E-state index contributed by atoms with van der Waals surface area (Å²) in [6, 6.07) is 0. The molecule has 1 fully saturated rings. The van der Waals surface area contributed by atoms with E-state index in [1.807, 2.05) is 0 Å². The monoisotopic (exact) mass is 234 g/mol. The Morgan fingerprint density at radius 2 is 1.67 bits per heavy atom. The molecule has 0 saturated carbocycles. The Hall–Kier alpha value is 0.210. The quantitative estimate of drug-likeness (QED) is 0.434. The highest BCUT2D eigenvalue weighted by Gasteiger charge is 2.25. The SMILES string of the molecule is CCCCCC[N+]1(C)CCN(C)CC1.[Cl-]. The maximum absolute atomic E-state index is 2.45. The number of unbranched alkanes of at least 4 members (excludes halogenated alkanes) is 3. The molecule has 3 heteroatoms. The van der Waals surface area contributed by atoms with Crippen molar-refractivity contribution < 1.29 is 16.9 Å². The molecule has 0 radical (unpaired) electrons. The summed E-state index contributed by atoms with van der Waals surface area (Å²) in [5.74, 6) is 0. The first-order chi connectivity index (χ1) is 6.66. The van der Waals surface area contributed by atoms with Crippen LogP contribution in [0.5, 0.6) is 0 Å². The average Bonchev–Trinajstić information content (AvgIpc) is 2.18. The molecular formula is C12H27ClN2. The van der Waals surface area contributed by atoms with Crippen molar-refractivity contribution in [3.8, 4) is 0 Å². The normalized spacial score (nSPS) is 21.0. The van der Waals surface area contributed by atoms with E-state index in [1.54, 1.807) is 0 Å². The Morgan fingerprint density at radius 3 is 2.20 bits per heavy atom. The van der Waals surface area contributed by atoms with Gasteiger partial charge in [0.1, 0.15) is 0 Å². The lowest BCUT2D eigenvalue weighted by molar-refractivity contribution is -0.913. The van der Waals surface area contributed by atoms with Crippen LogP contribution in [-0.4, -0.2) is 56.2 Å². The van der Waals surface area contributed by atoms with Crippen molar-refractivity contribution in [2.75, 3.05) is 46.8 Å². The molecule has 1 aliphatic rings. The van der Waals surface area contributed by atoms with E-state index in [-0.39, 0.29) is 12.4 Å². The number of likely N-dealkylation sites (N-methyl/N-ethyl adjacent to an activating group) is 2. The number of piperazine rings is 1. The molecule has 0 aromatic carbocycles. The molecule has 2 nitrogen and oxygen atoms in total.